The monoisotopic (exact) mass is 287 g/mol. The minimum atomic E-state index is 0.0758. The summed E-state index contributed by atoms with van der Waals surface area (Å²) in [5.74, 6) is 0.888. The van der Waals surface area contributed by atoms with Crippen LogP contribution in [0.3, 0.4) is 0 Å². The molecule has 2 atom stereocenters. The summed E-state index contributed by atoms with van der Waals surface area (Å²) in [6.45, 7) is 1.57. The van der Waals surface area contributed by atoms with E-state index in [9.17, 15) is 4.79 Å². The zero-order valence-corrected chi connectivity index (χ0v) is 12.6. The van der Waals surface area contributed by atoms with Gasteiger partial charge in [-0.15, -0.1) is 0 Å². The molecule has 114 valence electrons. The molecule has 1 aliphatic carbocycles. The first kappa shape index (κ1) is 14.4. The lowest BCUT2D eigenvalue weighted by atomic mass is 9.78. The van der Waals surface area contributed by atoms with Gasteiger partial charge in [0.25, 0.3) is 0 Å². The number of hydrogen-bond donors (Lipinski definition) is 2. The van der Waals surface area contributed by atoms with Gasteiger partial charge in [0.15, 0.2) is 0 Å². The highest BCUT2D eigenvalue weighted by atomic mass is 16.2. The highest BCUT2D eigenvalue weighted by molar-refractivity contribution is 5.92. The Morgan fingerprint density at radius 2 is 2.05 bits per heavy atom. The van der Waals surface area contributed by atoms with Crippen molar-refractivity contribution >= 4 is 17.3 Å². The minimum absolute atomic E-state index is 0.0758. The zero-order chi connectivity index (χ0) is 14.7. The lowest BCUT2D eigenvalue weighted by Gasteiger charge is -2.43. The van der Waals surface area contributed by atoms with E-state index >= 15 is 0 Å². The molecule has 4 nitrogen and oxygen atoms in total. The number of likely N-dealkylation sites (tertiary alicyclic amines) is 1. The SMILES string of the molecule is Nc1cccc(NC(=O)CN2CCC[C@H]3CCCC[C@H]32)c1. The second kappa shape index (κ2) is 6.48. The van der Waals surface area contributed by atoms with E-state index in [0.717, 1.165) is 18.2 Å². The lowest BCUT2D eigenvalue weighted by Crippen LogP contribution is -2.49. The predicted octanol–water partition coefficient (Wildman–Crippen LogP) is 2.86. The number of anilines is 2. The van der Waals surface area contributed by atoms with Crippen LogP contribution in [0.1, 0.15) is 38.5 Å². The number of rotatable bonds is 3. The number of benzene rings is 1. The van der Waals surface area contributed by atoms with Gasteiger partial charge in [-0.3, -0.25) is 9.69 Å². The maximum Gasteiger partial charge on any atom is 0.238 e. The van der Waals surface area contributed by atoms with Crippen molar-refractivity contribution in [1.82, 2.24) is 4.90 Å². The molecule has 1 aliphatic heterocycles. The number of nitrogen functional groups attached to an aromatic ring is 1. The summed E-state index contributed by atoms with van der Waals surface area (Å²) in [5, 5.41) is 2.96. The van der Waals surface area contributed by atoms with Gasteiger partial charge in [-0.25, -0.2) is 0 Å². The Hall–Kier alpha value is -1.55. The maximum atomic E-state index is 12.3. The molecule has 0 unspecified atom stereocenters. The Bertz CT molecular complexity index is 501. The van der Waals surface area contributed by atoms with Crippen molar-refractivity contribution in [1.29, 1.82) is 0 Å². The van der Waals surface area contributed by atoms with Gasteiger partial charge in [0.1, 0.15) is 0 Å². The van der Waals surface area contributed by atoms with Crippen LogP contribution in [0.15, 0.2) is 24.3 Å². The van der Waals surface area contributed by atoms with Gasteiger partial charge in [0.2, 0.25) is 5.91 Å². The Labute approximate surface area is 126 Å². The standard InChI is InChI=1S/C17H25N3O/c18-14-7-3-8-15(11-14)19-17(21)12-20-10-4-6-13-5-1-2-9-16(13)20/h3,7-8,11,13,16H,1-2,4-6,9-10,12,18H2,(H,19,21)/t13-,16-/m1/s1. The van der Waals surface area contributed by atoms with Crippen molar-refractivity contribution in [3.8, 4) is 0 Å². The van der Waals surface area contributed by atoms with E-state index in [0.29, 0.717) is 18.3 Å². The Balaban J connectivity index is 1.58. The van der Waals surface area contributed by atoms with Crippen molar-refractivity contribution in [2.24, 2.45) is 5.92 Å². The molecule has 1 aromatic rings. The average Bonchev–Trinajstić information content (AvgIpc) is 2.47. The van der Waals surface area contributed by atoms with Crippen LogP contribution in [0.2, 0.25) is 0 Å². The van der Waals surface area contributed by atoms with Crippen LogP contribution in [-0.2, 0) is 4.79 Å². The van der Waals surface area contributed by atoms with Crippen LogP contribution < -0.4 is 11.1 Å². The molecular weight excluding hydrogens is 262 g/mol. The molecule has 2 fully saturated rings. The molecule has 1 heterocycles. The lowest BCUT2D eigenvalue weighted by molar-refractivity contribution is -0.118. The number of hydrogen-bond acceptors (Lipinski definition) is 3. The van der Waals surface area contributed by atoms with Crippen molar-refractivity contribution in [3.63, 3.8) is 0 Å². The third kappa shape index (κ3) is 3.56. The van der Waals surface area contributed by atoms with E-state index in [1.807, 2.05) is 18.2 Å². The van der Waals surface area contributed by atoms with Gasteiger partial charge in [0.05, 0.1) is 6.54 Å². The number of nitrogens with zero attached hydrogens (tertiary/aromatic N) is 1. The fraction of sp³-hybridized carbons (Fsp3) is 0.588. The quantitative estimate of drug-likeness (QED) is 0.840. The maximum absolute atomic E-state index is 12.3. The number of fused-ring (bicyclic) bond motifs is 1. The Kier molecular flexibility index (Phi) is 4.44. The van der Waals surface area contributed by atoms with Crippen LogP contribution in [0.5, 0.6) is 0 Å². The number of carbonyl (C=O) groups excluding carboxylic acids is 1. The van der Waals surface area contributed by atoms with Gasteiger partial charge in [-0.1, -0.05) is 18.9 Å². The largest absolute Gasteiger partial charge is 0.399 e. The van der Waals surface area contributed by atoms with E-state index in [2.05, 4.69) is 10.2 Å². The third-order valence-corrected chi connectivity index (χ3v) is 4.88. The van der Waals surface area contributed by atoms with Crippen LogP contribution >= 0.6 is 0 Å². The summed E-state index contributed by atoms with van der Waals surface area (Å²) in [5.41, 5.74) is 7.21. The van der Waals surface area contributed by atoms with E-state index in [-0.39, 0.29) is 5.91 Å². The van der Waals surface area contributed by atoms with Crippen LogP contribution in [0, 0.1) is 5.92 Å². The molecule has 4 heteroatoms. The van der Waals surface area contributed by atoms with E-state index < -0.39 is 0 Å². The van der Waals surface area contributed by atoms with Gasteiger partial charge < -0.3 is 11.1 Å². The Morgan fingerprint density at radius 1 is 1.24 bits per heavy atom. The summed E-state index contributed by atoms with van der Waals surface area (Å²) in [4.78, 5) is 14.7. The molecule has 1 saturated heterocycles. The molecule has 1 aromatic carbocycles. The zero-order valence-electron chi connectivity index (χ0n) is 12.6. The number of nitrogens with two attached hydrogens (primary N) is 1. The van der Waals surface area contributed by atoms with Crippen LogP contribution in [-0.4, -0.2) is 29.9 Å². The van der Waals surface area contributed by atoms with E-state index in [4.69, 9.17) is 5.73 Å². The van der Waals surface area contributed by atoms with Crippen molar-refractivity contribution in [2.45, 2.75) is 44.6 Å². The van der Waals surface area contributed by atoms with Crippen molar-refractivity contribution in [2.75, 3.05) is 24.1 Å². The first-order valence-electron chi connectivity index (χ1n) is 8.12. The van der Waals surface area contributed by atoms with Gasteiger partial charge in [-0.2, -0.15) is 0 Å². The van der Waals surface area contributed by atoms with Crippen LogP contribution in [0.4, 0.5) is 11.4 Å². The van der Waals surface area contributed by atoms with Gasteiger partial charge in [-0.05, 0) is 56.3 Å². The molecule has 1 saturated carbocycles. The van der Waals surface area contributed by atoms with Gasteiger partial charge >= 0.3 is 0 Å². The Morgan fingerprint density at radius 3 is 2.90 bits per heavy atom. The first-order chi connectivity index (χ1) is 10.2. The minimum Gasteiger partial charge on any atom is -0.399 e. The molecule has 0 bridgehead atoms. The number of nitrogens with one attached hydrogen (secondary N) is 1. The summed E-state index contributed by atoms with van der Waals surface area (Å²) in [7, 11) is 0. The van der Waals surface area contributed by atoms with Crippen LogP contribution in [0.25, 0.3) is 0 Å². The topological polar surface area (TPSA) is 58.4 Å². The smallest absolute Gasteiger partial charge is 0.238 e. The molecule has 3 N–H and O–H groups in total. The second-order valence-electron chi connectivity index (χ2n) is 6.40. The summed E-state index contributed by atoms with van der Waals surface area (Å²) < 4.78 is 0. The van der Waals surface area contributed by atoms with Crippen molar-refractivity contribution < 1.29 is 4.79 Å². The molecule has 3 rings (SSSR count). The molecule has 0 spiro atoms. The number of amides is 1. The average molecular weight is 287 g/mol. The molecule has 2 aliphatic rings. The fourth-order valence-corrected chi connectivity index (χ4v) is 3.93. The molecule has 0 radical (unpaired) electrons. The molecule has 21 heavy (non-hydrogen) atoms. The highest BCUT2D eigenvalue weighted by Crippen LogP contribution is 2.35. The molecular formula is C17H25N3O. The number of carbonyl (C=O) groups is 1. The van der Waals surface area contributed by atoms with Crippen molar-refractivity contribution in [3.05, 3.63) is 24.3 Å². The fourth-order valence-electron chi connectivity index (χ4n) is 3.93. The first-order valence-corrected chi connectivity index (χ1v) is 8.12. The second-order valence-corrected chi connectivity index (χ2v) is 6.40. The predicted molar refractivity (Wildman–Crippen MR) is 86.0 cm³/mol. The third-order valence-electron chi connectivity index (χ3n) is 4.88. The number of piperidine rings is 1. The molecule has 0 aromatic heterocycles. The summed E-state index contributed by atoms with van der Waals surface area (Å²) >= 11 is 0. The highest BCUT2D eigenvalue weighted by Gasteiger charge is 2.33. The van der Waals surface area contributed by atoms with Gasteiger partial charge in [0, 0.05) is 17.4 Å². The normalized spacial score (nSPS) is 26.1. The van der Waals surface area contributed by atoms with E-state index in [1.54, 1.807) is 6.07 Å². The summed E-state index contributed by atoms with van der Waals surface area (Å²) in [6.07, 6.45) is 7.86. The van der Waals surface area contributed by atoms with E-state index in [1.165, 1.54) is 38.5 Å². The summed E-state index contributed by atoms with van der Waals surface area (Å²) in [6, 6.07) is 8.00. The molecule has 1 amide bonds.